The van der Waals surface area contributed by atoms with Crippen molar-refractivity contribution in [3.05, 3.63) is 0 Å². The molecular formula is C10H24N2Se2. The Kier molecular flexibility index (Phi) is 8.71. The van der Waals surface area contributed by atoms with Crippen LogP contribution in [0.3, 0.4) is 0 Å². The SMILES string of the molecule is CC(C)[C@H](N)C[Se][Se]C[C@@H](N)C(C)C. The van der Waals surface area contributed by atoms with Gasteiger partial charge in [-0.1, -0.05) is 0 Å². The molecular weight excluding hydrogens is 306 g/mol. The predicted octanol–water partition coefficient (Wildman–Crippen LogP) is 1.11. The van der Waals surface area contributed by atoms with E-state index in [-0.39, 0.29) is 0 Å². The summed E-state index contributed by atoms with van der Waals surface area (Å²) in [5, 5.41) is 2.46. The normalized spacial score (nSPS) is 16.3. The van der Waals surface area contributed by atoms with Crippen molar-refractivity contribution in [2.75, 3.05) is 0 Å². The van der Waals surface area contributed by atoms with Crippen LogP contribution in [0, 0.1) is 11.8 Å². The molecule has 0 aromatic heterocycles. The Morgan fingerprint density at radius 1 is 0.786 bits per heavy atom. The molecule has 0 spiro atoms. The van der Waals surface area contributed by atoms with Crippen LogP contribution in [-0.2, 0) is 0 Å². The van der Waals surface area contributed by atoms with E-state index in [4.69, 9.17) is 11.5 Å². The van der Waals surface area contributed by atoms with E-state index in [9.17, 15) is 0 Å². The molecule has 0 saturated carbocycles. The van der Waals surface area contributed by atoms with E-state index in [1.54, 1.807) is 0 Å². The molecule has 2 atom stereocenters. The summed E-state index contributed by atoms with van der Waals surface area (Å²) in [5.74, 6) is 1.26. The predicted molar refractivity (Wildman–Crippen MR) is 66.7 cm³/mol. The molecule has 0 saturated heterocycles. The molecule has 0 heterocycles. The van der Waals surface area contributed by atoms with Crippen LogP contribution in [0.15, 0.2) is 0 Å². The van der Waals surface area contributed by atoms with Crippen molar-refractivity contribution >= 4 is 26.3 Å². The van der Waals surface area contributed by atoms with Crippen LogP contribution in [0.2, 0.25) is 10.6 Å². The second-order valence-corrected chi connectivity index (χ2v) is 11.9. The zero-order valence-corrected chi connectivity index (χ0v) is 13.1. The number of rotatable bonds is 7. The standard InChI is InChI=1S/C10H24N2Se2/c1-7(2)9(11)5-13-14-6-10(12)8(3)4/h7-10H,5-6,11-12H2,1-4H3/t9-,10-/m1/s1. The van der Waals surface area contributed by atoms with Gasteiger partial charge in [0.15, 0.2) is 0 Å². The molecule has 0 rings (SSSR count). The fourth-order valence-electron chi connectivity index (χ4n) is 0.638. The van der Waals surface area contributed by atoms with E-state index in [1.165, 1.54) is 10.6 Å². The molecule has 4 heteroatoms. The van der Waals surface area contributed by atoms with Gasteiger partial charge in [-0.25, -0.2) is 0 Å². The third-order valence-electron chi connectivity index (χ3n) is 2.32. The quantitative estimate of drug-likeness (QED) is 0.543. The van der Waals surface area contributed by atoms with Gasteiger partial charge in [0.25, 0.3) is 0 Å². The third-order valence-corrected chi connectivity index (χ3v) is 9.64. The summed E-state index contributed by atoms with van der Waals surface area (Å²) in [6.07, 6.45) is 0. The van der Waals surface area contributed by atoms with Crippen LogP contribution in [0.4, 0.5) is 0 Å². The van der Waals surface area contributed by atoms with Crippen LogP contribution >= 0.6 is 0 Å². The van der Waals surface area contributed by atoms with Crippen LogP contribution < -0.4 is 11.5 Å². The average molecular weight is 330 g/mol. The van der Waals surface area contributed by atoms with Crippen LogP contribution in [0.25, 0.3) is 0 Å². The van der Waals surface area contributed by atoms with Gasteiger partial charge in [-0.3, -0.25) is 0 Å². The second-order valence-electron chi connectivity index (χ2n) is 4.38. The van der Waals surface area contributed by atoms with E-state index in [1.807, 2.05) is 0 Å². The Labute approximate surface area is 99.8 Å². The van der Waals surface area contributed by atoms with E-state index < -0.39 is 0 Å². The molecule has 4 N–H and O–H groups in total. The van der Waals surface area contributed by atoms with Crippen molar-refractivity contribution in [3.8, 4) is 0 Å². The first-order chi connectivity index (χ1) is 6.45. The Balaban J connectivity index is 3.38. The van der Waals surface area contributed by atoms with Crippen LogP contribution in [0.1, 0.15) is 27.7 Å². The summed E-state index contributed by atoms with van der Waals surface area (Å²) in [4.78, 5) is 0. The van der Waals surface area contributed by atoms with Crippen molar-refractivity contribution in [3.63, 3.8) is 0 Å². The van der Waals surface area contributed by atoms with E-state index >= 15 is 0 Å². The van der Waals surface area contributed by atoms with E-state index in [0.717, 1.165) is 26.3 Å². The molecule has 0 bridgehead atoms. The maximum absolute atomic E-state index is 5.99. The molecule has 0 amide bonds. The monoisotopic (exact) mass is 332 g/mol. The molecule has 2 nitrogen and oxygen atoms in total. The summed E-state index contributed by atoms with van der Waals surface area (Å²) >= 11 is 1.51. The fourth-order valence-corrected chi connectivity index (χ4v) is 8.84. The van der Waals surface area contributed by atoms with Crippen molar-refractivity contribution < 1.29 is 0 Å². The van der Waals surface area contributed by atoms with Gasteiger partial charge in [0.05, 0.1) is 0 Å². The van der Waals surface area contributed by atoms with Crippen molar-refractivity contribution in [2.24, 2.45) is 23.3 Å². The molecule has 0 aliphatic carbocycles. The van der Waals surface area contributed by atoms with Crippen LogP contribution in [-0.4, -0.2) is 38.3 Å². The molecule has 0 aromatic carbocycles. The molecule has 0 fully saturated rings. The molecule has 0 aliphatic rings. The Morgan fingerprint density at radius 3 is 1.29 bits per heavy atom. The van der Waals surface area contributed by atoms with Crippen molar-refractivity contribution in [1.29, 1.82) is 0 Å². The molecule has 0 aliphatic heterocycles. The van der Waals surface area contributed by atoms with Crippen molar-refractivity contribution in [1.82, 2.24) is 0 Å². The zero-order valence-electron chi connectivity index (χ0n) is 9.69. The maximum atomic E-state index is 5.99. The number of nitrogens with two attached hydrogens (primary N) is 2. The van der Waals surface area contributed by atoms with Crippen molar-refractivity contribution in [2.45, 2.75) is 50.4 Å². The van der Waals surface area contributed by atoms with Gasteiger partial charge < -0.3 is 0 Å². The van der Waals surface area contributed by atoms with E-state index in [0.29, 0.717) is 23.9 Å². The summed E-state index contributed by atoms with van der Waals surface area (Å²) in [5.41, 5.74) is 12.0. The molecule has 0 aromatic rings. The first-order valence-corrected chi connectivity index (χ1v) is 12.0. The fraction of sp³-hybridized carbons (Fsp3) is 1.00. The first kappa shape index (κ1) is 15.0. The van der Waals surface area contributed by atoms with E-state index in [2.05, 4.69) is 27.7 Å². The Bertz CT molecular complexity index is 124. The minimum absolute atomic E-state index is 0.409. The Morgan fingerprint density at radius 2 is 1.07 bits per heavy atom. The zero-order chi connectivity index (χ0) is 11.1. The Hall–Kier alpha value is 0.959. The third kappa shape index (κ3) is 7.28. The van der Waals surface area contributed by atoms with Gasteiger partial charge in [0, 0.05) is 0 Å². The van der Waals surface area contributed by atoms with Gasteiger partial charge in [0.1, 0.15) is 0 Å². The summed E-state index contributed by atoms with van der Waals surface area (Å²) in [7, 11) is 0. The van der Waals surface area contributed by atoms with Gasteiger partial charge in [-0.2, -0.15) is 0 Å². The summed E-state index contributed by atoms with van der Waals surface area (Å²) in [6, 6.07) is 0.819. The van der Waals surface area contributed by atoms with Gasteiger partial charge in [-0.15, -0.1) is 0 Å². The second kappa shape index (κ2) is 8.15. The topological polar surface area (TPSA) is 52.0 Å². The summed E-state index contributed by atoms with van der Waals surface area (Å²) < 4.78 is 0. The van der Waals surface area contributed by atoms with Gasteiger partial charge in [0.2, 0.25) is 0 Å². The molecule has 86 valence electrons. The van der Waals surface area contributed by atoms with Crippen LogP contribution in [0.5, 0.6) is 0 Å². The first-order valence-electron chi connectivity index (χ1n) is 5.20. The minimum atomic E-state index is 0.409. The van der Waals surface area contributed by atoms with Gasteiger partial charge in [-0.05, 0) is 0 Å². The summed E-state index contributed by atoms with van der Waals surface area (Å²) in [6.45, 7) is 8.81. The molecule has 0 radical (unpaired) electrons. The molecule has 0 unspecified atom stereocenters. The van der Waals surface area contributed by atoms with Gasteiger partial charge >= 0.3 is 100.0 Å². The molecule has 14 heavy (non-hydrogen) atoms. The number of hydrogen-bond acceptors (Lipinski definition) is 2. The average Bonchev–Trinajstić information content (AvgIpc) is 2.11. The number of hydrogen-bond donors (Lipinski definition) is 2.